The van der Waals surface area contributed by atoms with Crippen LogP contribution in [0.1, 0.15) is 33.7 Å². The van der Waals surface area contributed by atoms with E-state index in [1.54, 1.807) is 17.8 Å². The van der Waals surface area contributed by atoms with E-state index >= 15 is 0 Å². The van der Waals surface area contributed by atoms with E-state index < -0.39 is 17.9 Å². The number of carbonyl (C=O) groups excluding carboxylic acids is 1. The van der Waals surface area contributed by atoms with Gasteiger partial charge in [-0.2, -0.15) is 11.8 Å². The Hall–Kier alpha value is -3.55. The second kappa shape index (κ2) is 11.9. The van der Waals surface area contributed by atoms with Gasteiger partial charge in [-0.05, 0) is 71.9 Å². The standard InChI is InChI=1S/C29H29NO5S/c1-19-7-3-5-9-23(19)25-15-20(17-34-18-22-16-21-8-4-6-10-27(21)35-22)11-12-24(25)28(31)30-26(29(32)33)13-14-36-2/h3-12,15-16,26H,13-14,17-18H2,1-2H3,(H,30,31)(H,32,33)/t26-/m0/s1. The molecule has 1 aromatic heterocycles. The van der Waals surface area contributed by atoms with E-state index in [2.05, 4.69) is 5.32 Å². The van der Waals surface area contributed by atoms with Crippen LogP contribution in [0.15, 0.2) is 77.2 Å². The summed E-state index contributed by atoms with van der Waals surface area (Å²) in [6, 6.07) is 22.2. The van der Waals surface area contributed by atoms with Gasteiger partial charge in [-0.25, -0.2) is 4.79 Å². The van der Waals surface area contributed by atoms with Crippen molar-refractivity contribution >= 4 is 34.6 Å². The molecule has 0 aliphatic heterocycles. The molecule has 0 radical (unpaired) electrons. The molecule has 0 bridgehead atoms. The van der Waals surface area contributed by atoms with Crippen molar-refractivity contribution in [2.45, 2.75) is 32.6 Å². The number of thioether (sulfide) groups is 1. The van der Waals surface area contributed by atoms with Crippen LogP contribution in [0.5, 0.6) is 0 Å². The highest BCUT2D eigenvalue weighted by Gasteiger charge is 2.22. The Labute approximate surface area is 214 Å². The molecule has 0 unspecified atom stereocenters. The van der Waals surface area contributed by atoms with Crippen molar-refractivity contribution in [3.05, 3.63) is 95.2 Å². The summed E-state index contributed by atoms with van der Waals surface area (Å²) in [5.41, 5.74) is 4.83. The number of furan rings is 1. The molecule has 0 aliphatic carbocycles. The number of hydrogen-bond donors (Lipinski definition) is 2. The topological polar surface area (TPSA) is 88.8 Å². The Morgan fingerprint density at radius 2 is 1.78 bits per heavy atom. The number of nitrogens with one attached hydrogen (secondary N) is 1. The molecule has 0 spiro atoms. The lowest BCUT2D eigenvalue weighted by Crippen LogP contribution is -2.41. The van der Waals surface area contributed by atoms with Gasteiger partial charge in [0.25, 0.3) is 5.91 Å². The summed E-state index contributed by atoms with van der Waals surface area (Å²) < 4.78 is 11.7. The monoisotopic (exact) mass is 503 g/mol. The quantitative estimate of drug-likeness (QED) is 0.259. The number of hydrogen-bond acceptors (Lipinski definition) is 5. The first kappa shape index (κ1) is 25.5. The van der Waals surface area contributed by atoms with Gasteiger partial charge in [0.2, 0.25) is 0 Å². The number of aliphatic carboxylic acids is 1. The highest BCUT2D eigenvalue weighted by atomic mass is 32.2. The molecule has 3 aromatic carbocycles. The summed E-state index contributed by atoms with van der Waals surface area (Å²) in [5, 5.41) is 13.3. The number of amides is 1. The first-order valence-electron chi connectivity index (χ1n) is 11.7. The molecule has 4 aromatic rings. The third kappa shape index (κ3) is 6.17. The molecule has 1 amide bonds. The minimum absolute atomic E-state index is 0.326. The lowest BCUT2D eigenvalue weighted by Gasteiger charge is -2.17. The third-order valence-corrected chi connectivity index (χ3v) is 6.61. The maximum absolute atomic E-state index is 13.2. The Morgan fingerprint density at radius 1 is 1.00 bits per heavy atom. The van der Waals surface area contributed by atoms with Crippen molar-refractivity contribution in [3.8, 4) is 11.1 Å². The molecule has 4 rings (SSSR count). The van der Waals surface area contributed by atoms with Crippen LogP contribution < -0.4 is 5.32 Å². The lowest BCUT2D eigenvalue weighted by molar-refractivity contribution is -0.139. The molecule has 6 nitrogen and oxygen atoms in total. The fourth-order valence-electron chi connectivity index (χ4n) is 4.08. The first-order valence-corrected chi connectivity index (χ1v) is 13.1. The smallest absolute Gasteiger partial charge is 0.326 e. The Kier molecular flexibility index (Phi) is 8.46. The fraction of sp³-hybridized carbons (Fsp3) is 0.241. The summed E-state index contributed by atoms with van der Waals surface area (Å²) in [6.07, 6.45) is 2.27. The predicted molar refractivity (Wildman–Crippen MR) is 143 cm³/mol. The van der Waals surface area contributed by atoms with Gasteiger partial charge in [0, 0.05) is 10.9 Å². The number of rotatable bonds is 11. The van der Waals surface area contributed by atoms with Gasteiger partial charge in [0.1, 0.15) is 24.0 Å². The van der Waals surface area contributed by atoms with Crippen LogP contribution in [0, 0.1) is 6.92 Å². The molecule has 1 atom stereocenters. The second-order valence-corrected chi connectivity index (χ2v) is 9.57. The summed E-state index contributed by atoms with van der Waals surface area (Å²) >= 11 is 1.55. The van der Waals surface area contributed by atoms with Gasteiger partial charge < -0.3 is 19.6 Å². The number of aryl methyl sites for hydroxylation is 1. The Morgan fingerprint density at radius 3 is 2.53 bits per heavy atom. The SMILES string of the molecule is CSCC[C@H](NC(=O)c1ccc(COCc2cc3ccccc3o2)cc1-c1ccccc1C)C(=O)O. The van der Waals surface area contributed by atoms with Crippen molar-refractivity contribution in [1.82, 2.24) is 5.32 Å². The van der Waals surface area contributed by atoms with Crippen molar-refractivity contribution in [2.24, 2.45) is 0 Å². The van der Waals surface area contributed by atoms with E-state index in [0.29, 0.717) is 31.0 Å². The van der Waals surface area contributed by atoms with Gasteiger partial charge in [-0.3, -0.25) is 4.79 Å². The van der Waals surface area contributed by atoms with Crippen LogP contribution in [0.3, 0.4) is 0 Å². The molecule has 0 aliphatic rings. The number of carboxylic acids is 1. The minimum Gasteiger partial charge on any atom is -0.480 e. The summed E-state index contributed by atoms with van der Waals surface area (Å²) in [6.45, 7) is 2.65. The van der Waals surface area contributed by atoms with Crippen molar-refractivity contribution in [1.29, 1.82) is 0 Å². The predicted octanol–water partition coefficient (Wildman–Crippen LogP) is 6.06. The molecular formula is C29H29NO5S. The van der Waals surface area contributed by atoms with E-state index in [0.717, 1.165) is 39.0 Å². The molecule has 0 fully saturated rings. The number of benzene rings is 3. The van der Waals surface area contributed by atoms with Crippen LogP contribution in [0.25, 0.3) is 22.1 Å². The van der Waals surface area contributed by atoms with E-state index in [4.69, 9.17) is 9.15 Å². The van der Waals surface area contributed by atoms with E-state index in [-0.39, 0.29) is 0 Å². The van der Waals surface area contributed by atoms with Gasteiger partial charge in [-0.1, -0.05) is 48.5 Å². The summed E-state index contributed by atoms with van der Waals surface area (Å²) in [5.74, 6) is -0.0538. The van der Waals surface area contributed by atoms with Crippen molar-refractivity contribution < 1.29 is 23.8 Å². The molecule has 0 saturated heterocycles. The fourth-order valence-corrected chi connectivity index (χ4v) is 4.56. The van der Waals surface area contributed by atoms with Crippen LogP contribution in [-0.2, 0) is 22.7 Å². The molecule has 7 heteroatoms. The average Bonchev–Trinajstić information content (AvgIpc) is 3.29. The molecular weight excluding hydrogens is 474 g/mol. The molecule has 0 saturated carbocycles. The van der Waals surface area contributed by atoms with Gasteiger partial charge in [0.15, 0.2) is 0 Å². The highest BCUT2D eigenvalue weighted by molar-refractivity contribution is 7.98. The highest BCUT2D eigenvalue weighted by Crippen LogP contribution is 2.29. The number of para-hydroxylation sites is 1. The third-order valence-electron chi connectivity index (χ3n) is 5.97. The molecule has 36 heavy (non-hydrogen) atoms. The van der Waals surface area contributed by atoms with Crippen molar-refractivity contribution in [2.75, 3.05) is 12.0 Å². The molecule has 2 N–H and O–H groups in total. The Bertz CT molecular complexity index is 1330. The number of carboxylic acid groups (broad SMARTS) is 1. The largest absolute Gasteiger partial charge is 0.480 e. The van der Waals surface area contributed by atoms with Gasteiger partial charge >= 0.3 is 5.97 Å². The van der Waals surface area contributed by atoms with Gasteiger partial charge in [-0.15, -0.1) is 0 Å². The van der Waals surface area contributed by atoms with Crippen LogP contribution in [0.4, 0.5) is 0 Å². The first-order chi connectivity index (χ1) is 17.5. The summed E-state index contributed by atoms with van der Waals surface area (Å²) in [7, 11) is 0. The van der Waals surface area contributed by atoms with Gasteiger partial charge in [0.05, 0.1) is 6.61 Å². The molecule has 1 heterocycles. The van der Waals surface area contributed by atoms with E-state index in [1.165, 1.54) is 0 Å². The normalized spacial score (nSPS) is 11.9. The molecule has 186 valence electrons. The van der Waals surface area contributed by atoms with Crippen LogP contribution in [0.2, 0.25) is 0 Å². The van der Waals surface area contributed by atoms with E-state index in [1.807, 2.05) is 79.9 Å². The second-order valence-electron chi connectivity index (χ2n) is 8.58. The van der Waals surface area contributed by atoms with E-state index in [9.17, 15) is 14.7 Å². The zero-order valence-electron chi connectivity index (χ0n) is 20.3. The minimum atomic E-state index is -1.04. The summed E-state index contributed by atoms with van der Waals surface area (Å²) in [4.78, 5) is 24.9. The average molecular weight is 504 g/mol. The number of fused-ring (bicyclic) bond motifs is 1. The number of ether oxygens (including phenoxy) is 1. The van der Waals surface area contributed by atoms with Crippen molar-refractivity contribution in [3.63, 3.8) is 0 Å². The lowest BCUT2D eigenvalue weighted by atomic mass is 9.93. The number of carbonyl (C=O) groups is 2. The zero-order chi connectivity index (χ0) is 25.5. The maximum atomic E-state index is 13.2. The maximum Gasteiger partial charge on any atom is 0.326 e. The van der Waals surface area contributed by atoms with Crippen LogP contribution >= 0.6 is 11.8 Å². The van der Waals surface area contributed by atoms with Crippen LogP contribution in [-0.4, -0.2) is 35.0 Å². The zero-order valence-corrected chi connectivity index (χ0v) is 21.1. The Balaban J connectivity index is 1.55.